The van der Waals surface area contributed by atoms with Crippen molar-refractivity contribution >= 4 is 11.6 Å². The number of nitrogens with zero attached hydrogens (tertiary/aromatic N) is 2. The van der Waals surface area contributed by atoms with Crippen LogP contribution in [0.15, 0.2) is 41.3 Å². The van der Waals surface area contributed by atoms with Crippen LogP contribution in [0.25, 0.3) is 0 Å². The molecule has 4 aliphatic carbocycles. The molecule has 0 saturated heterocycles. The Morgan fingerprint density at radius 1 is 1.13 bits per heavy atom. The SMILES string of the molecule is C[C@]12CCC(O)CC1=CCC1C2CC[C@]2(C)/C(=N\NC(=O)c3ccncc3)CCC12. The fourth-order valence-electron chi connectivity index (χ4n) is 7.30. The molecule has 0 bridgehead atoms. The van der Waals surface area contributed by atoms with Crippen molar-refractivity contribution in [3.05, 3.63) is 41.7 Å². The highest BCUT2D eigenvalue weighted by Gasteiger charge is 2.57. The van der Waals surface area contributed by atoms with Gasteiger partial charge in [-0.15, -0.1) is 0 Å². The first-order valence-corrected chi connectivity index (χ1v) is 11.6. The van der Waals surface area contributed by atoms with Gasteiger partial charge in [-0.2, -0.15) is 5.10 Å². The summed E-state index contributed by atoms with van der Waals surface area (Å²) in [4.78, 5) is 16.4. The van der Waals surface area contributed by atoms with Crippen molar-refractivity contribution in [3.8, 4) is 0 Å². The number of hydrogen-bond acceptors (Lipinski definition) is 4. The number of hydrazone groups is 1. The molecular formula is C25H33N3O2. The van der Waals surface area contributed by atoms with Crippen LogP contribution < -0.4 is 5.43 Å². The fraction of sp³-hybridized carbons (Fsp3) is 0.640. The van der Waals surface area contributed by atoms with Gasteiger partial charge >= 0.3 is 0 Å². The molecule has 6 atom stereocenters. The Hall–Kier alpha value is -2.01. The van der Waals surface area contributed by atoms with E-state index in [0.29, 0.717) is 23.3 Å². The molecule has 1 heterocycles. The smallest absolute Gasteiger partial charge is 0.271 e. The summed E-state index contributed by atoms with van der Waals surface area (Å²) < 4.78 is 0. The van der Waals surface area contributed by atoms with Crippen molar-refractivity contribution in [1.82, 2.24) is 10.4 Å². The lowest BCUT2D eigenvalue weighted by Crippen LogP contribution is -2.50. The molecule has 160 valence electrons. The normalized spacial score (nSPS) is 41.4. The van der Waals surface area contributed by atoms with E-state index in [-0.39, 0.29) is 22.8 Å². The van der Waals surface area contributed by atoms with E-state index in [9.17, 15) is 9.90 Å². The number of aliphatic hydroxyl groups is 1. The van der Waals surface area contributed by atoms with Gasteiger partial charge in [-0.25, -0.2) is 5.43 Å². The minimum Gasteiger partial charge on any atom is -0.393 e. The first-order chi connectivity index (χ1) is 14.4. The molecule has 5 heteroatoms. The van der Waals surface area contributed by atoms with Crippen molar-refractivity contribution in [2.45, 2.75) is 71.3 Å². The van der Waals surface area contributed by atoms with Gasteiger partial charge in [-0.05, 0) is 86.7 Å². The van der Waals surface area contributed by atoms with Gasteiger partial charge in [0.15, 0.2) is 0 Å². The second kappa shape index (κ2) is 7.30. The average molecular weight is 408 g/mol. The van der Waals surface area contributed by atoms with Crippen molar-refractivity contribution in [2.75, 3.05) is 0 Å². The van der Waals surface area contributed by atoms with Crippen molar-refractivity contribution in [3.63, 3.8) is 0 Å². The Balaban J connectivity index is 1.36. The molecule has 3 saturated carbocycles. The van der Waals surface area contributed by atoms with Crippen LogP contribution in [0.3, 0.4) is 0 Å². The Kier molecular flexibility index (Phi) is 4.85. The van der Waals surface area contributed by atoms with Gasteiger partial charge < -0.3 is 5.11 Å². The first-order valence-electron chi connectivity index (χ1n) is 11.6. The minimum atomic E-state index is -0.163. The third-order valence-corrected chi connectivity index (χ3v) is 9.05. The highest BCUT2D eigenvalue weighted by atomic mass is 16.3. The van der Waals surface area contributed by atoms with Crippen LogP contribution >= 0.6 is 0 Å². The second-order valence-corrected chi connectivity index (χ2v) is 10.4. The first kappa shape index (κ1) is 19.9. The maximum absolute atomic E-state index is 12.4. The fourth-order valence-corrected chi connectivity index (χ4v) is 7.30. The Bertz CT molecular complexity index is 895. The van der Waals surface area contributed by atoms with Gasteiger partial charge in [-0.3, -0.25) is 9.78 Å². The molecule has 1 amide bonds. The molecule has 0 aromatic carbocycles. The zero-order chi connectivity index (χ0) is 20.9. The summed E-state index contributed by atoms with van der Waals surface area (Å²) in [6, 6.07) is 3.43. The number of nitrogens with one attached hydrogen (secondary N) is 1. The maximum atomic E-state index is 12.4. The van der Waals surface area contributed by atoms with Crippen LogP contribution in [0.5, 0.6) is 0 Å². The Morgan fingerprint density at radius 2 is 1.87 bits per heavy atom. The highest BCUT2D eigenvalue weighted by molar-refractivity contribution is 5.97. The summed E-state index contributed by atoms with van der Waals surface area (Å²) in [7, 11) is 0. The zero-order valence-electron chi connectivity index (χ0n) is 18.1. The molecule has 5 rings (SSSR count). The van der Waals surface area contributed by atoms with Crippen molar-refractivity contribution < 1.29 is 9.90 Å². The maximum Gasteiger partial charge on any atom is 0.271 e. The van der Waals surface area contributed by atoms with Crippen LogP contribution in [0.2, 0.25) is 0 Å². The second-order valence-electron chi connectivity index (χ2n) is 10.4. The number of aromatic nitrogens is 1. The number of rotatable bonds is 2. The van der Waals surface area contributed by atoms with Gasteiger partial charge in [0.1, 0.15) is 0 Å². The van der Waals surface area contributed by atoms with Crippen LogP contribution in [-0.4, -0.2) is 27.8 Å². The van der Waals surface area contributed by atoms with Gasteiger partial charge in [0, 0.05) is 29.1 Å². The number of hydrogen-bond donors (Lipinski definition) is 2. The van der Waals surface area contributed by atoms with E-state index in [4.69, 9.17) is 0 Å². The number of carbonyl (C=O) groups excluding carboxylic acids is 1. The van der Waals surface area contributed by atoms with E-state index >= 15 is 0 Å². The monoisotopic (exact) mass is 407 g/mol. The molecule has 3 fully saturated rings. The molecular weight excluding hydrogens is 374 g/mol. The summed E-state index contributed by atoms with van der Waals surface area (Å²) >= 11 is 0. The molecule has 0 radical (unpaired) electrons. The Labute approximate surface area is 179 Å². The third kappa shape index (κ3) is 3.05. The Morgan fingerprint density at radius 3 is 2.67 bits per heavy atom. The van der Waals surface area contributed by atoms with Gasteiger partial charge in [0.05, 0.1) is 6.10 Å². The summed E-state index contributed by atoms with van der Waals surface area (Å²) in [5, 5.41) is 14.8. The zero-order valence-corrected chi connectivity index (χ0v) is 18.1. The van der Waals surface area contributed by atoms with Crippen molar-refractivity contribution in [1.29, 1.82) is 0 Å². The number of amides is 1. The molecule has 2 N–H and O–H groups in total. The lowest BCUT2D eigenvalue weighted by Gasteiger charge is -2.57. The number of fused-ring (bicyclic) bond motifs is 5. The third-order valence-electron chi connectivity index (χ3n) is 9.05. The lowest BCUT2D eigenvalue weighted by atomic mass is 9.48. The predicted molar refractivity (Wildman–Crippen MR) is 117 cm³/mol. The highest BCUT2D eigenvalue weighted by Crippen LogP contribution is 2.64. The molecule has 1 aromatic heterocycles. The summed E-state index contributed by atoms with van der Waals surface area (Å²) in [5.41, 5.74) is 6.44. The summed E-state index contributed by atoms with van der Waals surface area (Å²) in [5.74, 6) is 1.88. The van der Waals surface area contributed by atoms with Crippen LogP contribution in [0.1, 0.15) is 75.6 Å². The number of carbonyl (C=O) groups is 1. The van der Waals surface area contributed by atoms with E-state index in [0.717, 1.165) is 38.5 Å². The molecule has 4 unspecified atom stereocenters. The van der Waals surface area contributed by atoms with Crippen LogP contribution in [-0.2, 0) is 0 Å². The molecule has 1 aromatic rings. The minimum absolute atomic E-state index is 0.0859. The predicted octanol–water partition coefficient (Wildman–Crippen LogP) is 4.49. The van der Waals surface area contributed by atoms with E-state index in [1.54, 1.807) is 24.5 Å². The largest absolute Gasteiger partial charge is 0.393 e. The molecule has 0 spiro atoms. The van der Waals surface area contributed by atoms with E-state index in [1.807, 2.05) is 0 Å². The average Bonchev–Trinajstić information content (AvgIpc) is 3.09. The number of pyridine rings is 1. The van der Waals surface area contributed by atoms with Gasteiger partial charge in [-0.1, -0.05) is 25.5 Å². The van der Waals surface area contributed by atoms with Crippen LogP contribution in [0.4, 0.5) is 0 Å². The quantitative estimate of drug-likeness (QED) is 0.560. The number of aliphatic hydroxyl groups excluding tert-OH is 1. The van der Waals surface area contributed by atoms with Crippen molar-refractivity contribution in [2.24, 2.45) is 33.7 Å². The van der Waals surface area contributed by atoms with E-state index < -0.39 is 0 Å². The molecule has 4 aliphatic rings. The van der Waals surface area contributed by atoms with E-state index in [1.165, 1.54) is 24.1 Å². The lowest BCUT2D eigenvalue weighted by molar-refractivity contribution is -0.0209. The molecule has 0 aliphatic heterocycles. The van der Waals surface area contributed by atoms with E-state index in [2.05, 4.69) is 35.4 Å². The topological polar surface area (TPSA) is 74.6 Å². The summed E-state index contributed by atoms with van der Waals surface area (Å²) in [6.07, 6.45) is 14.2. The van der Waals surface area contributed by atoms with Gasteiger partial charge in [0.25, 0.3) is 5.91 Å². The number of allylic oxidation sites excluding steroid dienone is 1. The molecule has 5 nitrogen and oxygen atoms in total. The van der Waals surface area contributed by atoms with Crippen LogP contribution in [0, 0.1) is 28.6 Å². The molecule has 30 heavy (non-hydrogen) atoms. The van der Waals surface area contributed by atoms with Gasteiger partial charge in [0.2, 0.25) is 0 Å². The summed E-state index contributed by atoms with van der Waals surface area (Å²) in [6.45, 7) is 4.84. The standard InChI is InChI=1S/C25H33N3O2/c1-24-11-7-18(29)15-17(24)3-4-19-20-5-6-22(25(20,2)12-8-21(19)24)27-28-23(30)16-9-13-26-14-10-16/h3,9-10,13-14,18-21,29H,4-8,11-12,15H2,1-2H3,(H,28,30)/b27-22-/t18?,19?,20?,21?,24-,25-/m0/s1.